The maximum atomic E-state index is 4.90. The molecule has 0 unspecified atom stereocenters. The molecule has 0 aliphatic carbocycles. The Balaban J connectivity index is 3.62. The van der Waals surface area contributed by atoms with E-state index in [1.165, 1.54) is 21.3 Å². The minimum absolute atomic E-state index is 1.42. The van der Waals surface area contributed by atoms with Crippen molar-refractivity contribution in [2.45, 2.75) is 6.55 Å². The maximum Gasteiger partial charge on any atom is 0.526 e. The Hall–Kier alpha value is 0.0569. The number of hydrogen-bond donors (Lipinski definition) is 0. The first-order chi connectivity index (χ1) is 4.18. The highest BCUT2D eigenvalue weighted by atomic mass is 28.4. The van der Waals surface area contributed by atoms with E-state index in [0.717, 1.165) is 0 Å². The zero-order valence-electron chi connectivity index (χ0n) is 6.13. The van der Waals surface area contributed by atoms with Crippen molar-refractivity contribution >= 4 is 8.80 Å². The fourth-order valence-corrected chi connectivity index (χ4v) is 0.908. The fraction of sp³-hybridized carbons (Fsp3) is 1.00. The van der Waals surface area contributed by atoms with Crippen LogP contribution in [0.1, 0.15) is 0 Å². The molecule has 0 heterocycles. The minimum atomic E-state index is -2.42. The molecule has 4 nitrogen and oxygen atoms in total. The van der Waals surface area contributed by atoms with Crippen LogP contribution in [0.25, 0.3) is 0 Å². The molecule has 0 spiro atoms. The highest BCUT2D eigenvalue weighted by molar-refractivity contribution is 6.58. The Morgan fingerprint density at radius 1 is 1.00 bits per heavy atom. The molecule has 56 valence electrons. The van der Waals surface area contributed by atoms with Gasteiger partial charge in [-0.1, -0.05) is 0 Å². The molecule has 0 aliphatic heterocycles. The summed E-state index contributed by atoms with van der Waals surface area (Å²) in [6, 6.07) is 0. The molecule has 0 saturated heterocycles. The summed E-state index contributed by atoms with van der Waals surface area (Å²) in [7, 11) is 2.05. The zero-order chi connectivity index (χ0) is 7.33. The number of hydrogen-bond acceptors (Lipinski definition) is 4. The van der Waals surface area contributed by atoms with E-state index in [2.05, 4.69) is 4.89 Å². The monoisotopic (exact) mass is 152 g/mol. The molecule has 0 fully saturated rings. The largest absolute Gasteiger partial charge is 0.526 e. The van der Waals surface area contributed by atoms with Gasteiger partial charge in [-0.15, -0.1) is 0 Å². The molecule has 0 rings (SSSR count). The van der Waals surface area contributed by atoms with Gasteiger partial charge in [0.2, 0.25) is 0 Å². The van der Waals surface area contributed by atoms with Gasteiger partial charge in [0.1, 0.15) is 0 Å². The third kappa shape index (κ3) is 2.92. The number of rotatable bonds is 4. The van der Waals surface area contributed by atoms with Crippen molar-refractivity contribution in [3.05, 3.63) is 0 Å². The molecule has 5 heteroatoms. The van der Waals surface area contributed by atoms with Crippen LogP contribution in [0.2, 0.25) is 6.55 Å². The topological polar surface area (TPSA) is 36.9 Å². The van der Waals surface area contributed by atoms with E-state index in [-0.39, 0.29) is 0 Å². The molecule has 0 aromatic carbocycles. The summed E-state index contributed by atoms with van der Waals surface area (Å²) in [6.45, 7) is 1.73. The Morgan fingerprint density at radius 3 is 1.56 bits per heavy atom. The van der Waals surface area contributed by atoms with E-state index in [1.54, 1.807) is 6.55 Å². The van der Waals surface area contributed by atoms with Gasteiger partial charge in [-0.2, -0.15) is 0 Å². The summed E-state index contributed by atoms with van der Waals surface area (Å²) >= 11 is 0. The van der Waals surface area contributed by atoms with Crippen LogP contribution in [0, 0.1) is 0 Å². The maximum absolute atomic E-state index is 4.90. The van der Waals surface area contributed by atoms with Gasteiger partial charge in [0.15, 0.2) is 0 Å². The summed E-state index contributed by atoms with van der Waals surface area (Å²) in [5.74, 6) is 0. The molecule has 0 aliphatic rings. The molecular weight excluding hydrogens is 140 g/mol. The minimum Gasteiger partial charge on any atom is -0.376 e. The Labute approximate surface area is 56.0 Å². The normalized spacial score (nSPS) is 12.0. The van der Waals surface area contributed by atoms with Crippen LogP contribution < -0.4 is 0 Å². The average molecular weight is 152 g/mol. The first kappa shape index (κ1) is 9.06. The van der Waals surface area contributed by atoms with Crippen molar-refractivity contribution < 1.29 is 18.3 Å². The lowest BCUT2D eigenvalue weighted by atomic mass is 11.8. The third-order valence-electron chi connectivity index (χ3n) is 0.976. The van der Waals surface area contributed by atoms with Gasteiger partial charge >= 0.3 is 8.80 Å². The third-order valence-corrected chi connectivity index (χ3v) is 2.93. The van der Waals surface area contributed by atoms with Crippen molar-refractivity contribution in [1.82, 2.24) is 0 Å². The average Bonchev–Trinajstić information content (AvgIpc) is 1.89. The van der Waals surface area contributed by atoms with E-state index in [9.17, 15) is 0 Å². The second-order valence-electron chi connectivity index (χ2n) is 1.52. The standard InChI is InChI=1S/C4H12O4Si/c1-5-8-9(4,6-2)7-3/h1-4H3. The molecular formula is C4H12O4Si. The Kier molecular flexibility index (Phi) is 3.99. The van der Waals surface area contributed by atoms with Crippen LogP contribution in [0.15, 0.2) is 0 Å². The fourth-order valence-electron chi connectivity index (χ4n) is 0.303. The predicted molar refractivity (Wildman–Crippen MR) is 33.7 cm³/mol. The van der Waals surface area contributed by atoms with E-state index in [1.807, 2.05) is 0 Å². The van der Waals surface area contributed by atoms with Crippen molar-refractivity contribution in [3.63, 3.8) is 0 Å². The summed E-state index contributed by atoms with van der Waals surface area (Å²) in [4.78, 5) is 4.40. The molecule has 0 N–H and O–H groups in total. The van der Waals surface area contributed by atoms with Crippen molar-refractivity contribution in [1.29, 1.82) is 0 Å². The highest BCUT2D eigenvalue weighted by Crippen LogP contribution is 2.04. The first-order valence-electron chi connectivity index (χ1n) is 2.50. The Bertz CT molecular complexity index is 73.0. The van der Waals surface area contributed by atoms with Gasteiger partial charge in [0.05, 0.1) is 7.11 Å². The van der Waals surface area contributed by atoms with Crippen LogP contribution in [0.3, 0.4) is 0 Å². The van der Waals surface area contributed by atoms with Crippen LogP contribution in [-0.4, -0.2) is 30.1 Å². The quantitative estimate of drug-likeness (QED) is 0.332. The SMILES string of the molecule is COO[Si](C)(OC)OC. The van der Waals surface area contributed by atoms with Gasteiger partial charge in [0.25, 0.3) is 0 Å². The lowest BCUT2D eigenvalue weighted by molar-refractivity contribution is -0.223. The van der Waals surface area contributed by atoms with Crippen LogP contribution in [-0.2, 0) is 18.3 Å². The van der Waals surface area contributed by atoms with Gasteiger partial charge < -0.3 is 8.85 Å². The second-order valence-corrected chi connectivity index (χ2v) is 4.23. The van der Waals surface area contributed by atoms with Crippen LogP contribution in [0.4, 0.5) is 0 Å². The molecule has 9 heavy (non-hydrogen) atoms. The summed E-state index contributed by atoms with van der Waals surface area (Å²) in [5.41, 5.74) is 0. The predicted octanol–water partition coefficient (Wildman–Crippen LogP) is 0.426. The lowest BCUT2D eigenvalue weighted by Gasteiger charge is -2.18. The van der Waals surface area contributed by atoms with Crippen molar-refractivity contribution in [2.75, 3.05) is 21.3 Å². The molecule has 0 radical (unpaired) electrons. The molecule has 0 bridgehead atoms. The lowest BCUT2D eigenvalue weighted by Crippen LogP contribution is -2.39. The smallest absolute Gasteiger partial charge is 0.376 e. The van der Waals surface area contributed by atoms with Crippen molar-refractivity contribution in [2.24, 2.45) is 0 Å². The summed E-state index contributed by atoms with van der Waals surface area (Å²) in [6.07, 6.45) is 0. The molecule has 0 aromatic rings. The molecule has 0 amide bonds. The summed E-state index contributed by atoms with van der Waals surface area (Å²) in [5, 5.41) is 0. The van der Waals surface area contributed by atoms with E-state index in [0.29, 0.717) is 0 Å². The van der Waals surface area contributed by atoms with E-state index < -0.39 is 8.80 Å². The van der Waals surface area contributed by atoms with Crippen molar-refractivity contribution in [3.8, 4) is 0 Å². The van der Waals surface area contributed by atoms with E-state index in [4.69, 9.17) is 13.4 Å². The van der Waals surface area contributed by atoms with Gasteiger partial charge in [-0.05, 0) is 0 Å². The molecule has 0 saturated carbocycles. The Morgan fingerprint density at radius 2 is 1.44 bits per heavy atom. The molecule has 0 aromatic heterocycles. The van der Waals surface area contributed by atoms with Gasteiger partial charge in [-0.25, -0.2) is 9.46 Å². The van der Waals surface area contributed by atoms with Gasteiger partial charge in [-0.3, -0.25) is 0 Å². The highest BCUT2D eigenvalue weighted by Gasteiger charge is 2.33. The summed E-state index contributed by atoms with van der Waals surface area (Å²) < 4.78 is 14.5. The van der Waals surface area contributed by atoms with Crippen LogP contribution >= 0.6 is 0 Å². The second kappa shape index (κ2) is 3.97. The first-order valence-corrected chi connectivity index (χ1v) is 4.73. The van der Waals surface area contributed by atoms with Gasteiger partial charge in [0, 0.05) is 20.8 Å². The van der Waals surface area contributed by atoms with Crippen LogP contribution in [0.5, 0.6) is 0 Å². The molecule has 0 atom stereocenters. The zero-order valence-corrected chi connectivity index (χ0v) is 7.13. The van der Waals surface area contributed by atoms with E-state index >= 15 is 0 Å².